The van der Waals surface area contributed by atoms with Gasteiger partial charge in [-0.3, -0.25) is 13.9 Å². The number of likely N-dealkylation sites (N-methyl/N-ethyl adjacent to an activating group) is 1. The van der Waals surface area contributed by atoms with Crippen LogP contribution in [0.25, 0.3) is 0 Å². The van der Waals surface area contributed by atoms with E-state index in [0.717, 1.165) is 15.4 Å². The van der Waals surface area contributed by atoms with Crippen LogP contribution in [0, 0.1) is 0 Å². The number of rotatable bonds is 12. The first-order valence-corrected chi connectivity index (χ1v) is 15.1. The zero-order valence-corrected chi connectivity index (χ0v) is 24.9. The number of benzene rings is 4. The van der Waals surface area contributed by atoms with E-state index in [0.29, 0.717) is 10.8 Å². The maximum absolute atomic E-state index is 14.2. The Balaban J connectivity index is 1.76. The van der Waals surface area contributed by atoms with Crippen LogP contribution in [-0.4, -0.2) is 51.9 Å². The number of nitrogens with zero attached hydrogens (tertiary/aromatic N) is 2. The molecule has 0 aliphatic carbocycles. The van der Waals surface area contributed by atoms with E-state index >= 15 is 0 Å². The van der Waals surface area contributed by atoms with E-state index in [2.05, 4.69) is 5.32 Å². The molecule has 10 heteroatoms. The lowest BCUT2D eigenvalue weighted by Gasteiger charge is -2.33. The lowest BCUT2D eigenvalue weighted by atomic mass is 10.0. The summed E-state index contributed by atoms with van der Waals surface area (Å²) in [5.41, 5.74) is 1.91. The molecule has 0 bridgehead atoms. The quantitative estimate of drug-likeness (QED) is 0.247. The van der Waals surface area contributed by atoms with Crippen LogP contribution >= 0.6 is 11.6 Å². The number of hydrogen-bond donors (Lipinski definition) is 1. The Bertz CT molecular complexity index is 1580. The average Bonchev–Trinajstić information content (AvgIpc) is 3.02. The van der Waals surface area contributed by atoms with Gasteiger partial charge in [-0.15, -0.1) is 0 Å². The van der Waals surface area contributed by atoms with E-state index < -0.39 is 28.5 Å². The van der Waals surface area contributed by atoms with Gasteiger partial charge in [0.2, 0.25) is 11.8 Å². The molecule has 0 heterocycles. The Morgan fingerprint density at radius 3 is 1.95 bits per heavy atom. The normalized spacial score (nSPS) is 11.8. The highest BCUT2D eigenvalue weighted by Gasteiger charge is 2.34. The lowest BCUT2D eigenvalue weighted by molar-refractivity contribution is -0.139. The van der Waals surface area contributed by atoms with Crippen molar-refractivity contribution in [1.29, 1.82) is 0 Å². The number of carbonyl (C=O) groups is 2. The minimum atomic E-state index is -4.22. The zero-order chi connectivity index (χ0) is 30.1. The second-order valence-electron chi connectivity index (χ2n) is 9.49. The van der Waals surface area contributed by atoms with E-state index in [1.807, 2.05) is 60.7 Å². The van der Waals surface area contributed by atoms with Crippen molar-refractivity contribution in [2.24, 2.45) is 0 Å². The molecule has 4 aromatic carbocycles. The summed E-state index contributed by atoms with van der Waals surface area (Å²) in [5, 5.41) is 3.09. The Kier molecular flexibility index (Phi) is 10.2. The van der Waals surface area contributed by atoms with Crippen molar-refractivity contribution in [2.45, 2.75) is 23.9 Å². The van der Waals surface area contributed by atoms with Gasteiger partial charge >= 0.3 is 0 Å². The number of hydrogen-bond acceptors (Lipinski definition) is 5. The second kappa shape index (κ2) is 14.0. The van der Waals surface area contributed by atoms with Gasteiger partial charge < -0.3 is 15.0 Å². The molecule has 0 aliphatic heterocycles. The molecule has 8 nitrogen and oxygen atoms in total. The molecular weight excluding hydrogens is 574 g/mol. The number of anilines is 1. The fourth-order valence-corrected chi connectivity index (χ4v) is 6.05. The topological polar surface area (TPSA) is 96.0 Å². The summed E-state index contributed by atoms with van der Waals surface area (Å²) < 4.78 is 34.2. The molecule has 0 saturated heterocycles. The Labute approximate surface area is 251 Å². The highest BCUT2D eigenvalue weighted by atomic mass is 35.5. The molecule has 0 saturated carbocycles. The van der Waals surface area contributed by atoms with Crippen LogP contribution in [0.15, 0.2) is 114 Å². The molecule has 1 N–H and O–H groups in total. The molecule has 4 aromatic rings. The van der Waals surface area contributed by atoms with E-state index in [4.69, 9.17) is 16.3 Å². The summed E-state index contributed by atoms with van der Waals surface area (Å²) in [6, 6.07) is 29.9. The van der Waals surface area contributed by atoms with Crippen molar-refractivity contribution in [1.82, 2.24) is 10.2 Å². The fourth-order valence-electron chi connectivity index (χ4n) is 4.51. The molecule has 2 amide bonds. The number of carbonyl (C=O) groups excluding carboxylic acids is 2. The van der Waals surface area contributed by atoms with Crippen LogP contribution < -0.4 is 14.4 Å². The van der Waals surface area contributed by atoms with Gasteiger partial charge in [0.25, 0.3) is 10.0 Å². The summed E-state index contributed by atoms with van der Waals surface area (Å²) >= 11 is 6.10. The molecule has 0 radical (unpaired) electrons. The van der Waals surface area contributed by atoms with Gasteiger partial charge in [0.15, 0.2) is 0 Å². The lowest BCUT2D eigenvalue weighted by Crippen LogP contribution is -2.53. The van der Waals surface area contributed by atoms with E-state index in [9.17, 15) is 18.0 Å². The Morgan fingerprint density at radius 1 is 0.833 bits per heavy atom. The molecule has 4 rings (SSSR count). The Hall–Kier alpha value is -4.34. The van der Waals surface area contributed by atoms with Crippen molar-refractivity contribution in [3.05, 3.63) is 125 Å². The average molecular weight is 606 g/mol. The predicted molar refractivity (Wildman–Crippen MR) is 164 cm³/mol. The number of halogens is 1. The number of amides is 2. The molecule has 1 atom stereocenters. The van der Waals surface area contributed by atoms with Gasteiger partial charge in [-0.1, -0.05) is 72.3 Å². The number of sulfonamides is 1. The van der Waals surface area contributed by atoms with Crippen molar-refractivity contribution in [3.8, 4) is 5.75 Å². The number of ether oxygens (including phenoxy) is 1. The van der Waals surface area contributed by atoms with Crippen LogP contribution in [0.5, 0.6) is 5.75 Å². The minimum absolute atomic E-state index is 0.0206. The fraction of sp³-hybridized carbons (Fsp3) is 0.188. The first-order chi connectivity index (χ1) is 20.2. The van der Waals surface area contributed by atoms with E-state index in [1.165, 1.54) is 43.3 Å². The number of methoxy groups -OCH3 is 1. The van der Waals surface area contributed by atoms with Crippen LogP contribution in [0.3, 0.4) is 0 Å². The second-order valence-corrected chi connectivity index (χ2v) is 11.8. The molecule has 0 aromatic heterocycles. The summed E-state index contributed by atoms with van der Waals surface area (Å²) in [5.74, 6) is -0.416. The predicted octanol–water partition coefficient (Wildman–Crippen LogP) is 4.93. The van der Waals surface area contributed by atoms with Crippen LogP contribution in [0.2, 0.25) is 5.02 Å². The van der Waals surface area contributed by atoms with Gasteiger partial charge in [-0.25, -0.2) is 8.42 Å². The highest BCUT2D eigenvalue weighted by Crippen LogP contribution is 2.27. The van der Waals surface area contributed by atoms with Crippen molar-refractivity contribution in [3.63, 3.8) is 0 Å². The maximum atomic E-state index is 14.2. The Morgan fingerprint density at radius 2 is 1.40 bits per heavy atom. The van der Waals surface area contributed by atoms with E-state index in [-0.39, 0.29) is 29.5 Å². The van der Waals surface area contributed by atoms with Crippen LogP contribution in [-0.2, 0) is 32.6 Å². The summed E-state index contributed by atoms with van der Waals surface area (Å²) in [4.78, 5) is 28.9. The molecule has 0 aliphatic rings. The standard InChI is InChI=1S/C32H32ClN3O5S/c1-34-32(38)30(21-24-9-5-3-6-10-24)35(22-25-11-7-4-8-12-25)31(37)23-36(27-15-13-26(33)14-16-27)42(39,40)29-19-17-28(41-2)18-20-29/h3-20,30H,21-23H2,1-2H3,(H,34,38). The third-order valence-corrected chi connectivity index (χ3v) is 8.79. The first kappa shape index (κ1) is 30.6. The van der Waals surface area contributed by atoms with Crippen molar-refractivity contribution < 1.29 is 22.7 Å². The van der Waals surface area contributed by atoms with Gasteiger partial charge in [0.1, 0.15) is 18.3 Å². The highest BCUT2D eigenvalue weighted by molar-refractivity contribution is 7.92. The molecule has 0 fully saturated rings. The maximum Gasteiger partial charge on any atom is 0.264 e. The number of nitrogens with one attached hydrogen (secondary N) is 1. The molecule has 1 unspecified atom stereocenters. The summed E-state index contributed by atoms with van der Waals surface area (Å²) in [6.45, 7) is -0.452. The zero-order valence-electron chi connectivity index (χ0n) is 23.3. The van der Waals surface area contributed by atoms with Gasteiger partial charge in [-0.05, 0) is 59.7 Å². The summed E-state index contributed by atoms with van der Waals surface area (Å²) in [6.07, 6.45) is 0.241. The molecule has 218 valence electrons. The van der Waals surface area contributed by atoms with Gasteiger partial charge in [-0.2, -0.15) is 0 Å². The van der Waals surface area contributed by atoms with Crippen molar-refractivity contribution in [2.75, 3.05) is 25.0 Å². The van der Waals surface area contributed by atoms with Gasteiger partial charge in [0, 0.05) is 25.0 Å². The molecule has 0 spiro atoms. The largest absolute Gasteiger partial charge is 0.497 e. The minimum Gasteiger partial charge on any atom is -0.497 e. The monoisotopic (exact) mass is 605 g/mol. The third kappa shape index (κ3) is 7.48. The smallest absolute Gasteiger partial charge is 0.264 e. The van der Waals surface area contributed by atoms with Crippen molar-refractivity contribution >= 4 is 39.1 Å². The van der Waals surface area contributed by atoms with Gasteiger partial charge in [0.05, 0.1) is 17.7 Å². The van der Waals surface area contributed by atoms with Crippen LogP contribution in [0.1, 0.15) is 11.1 Å². The molecule has 42 heavy (non-hydrogen) atoms. The third-order valence-electron chi connectivity index (χ3n) is 6.75. The molecular formula is C32H32ClN3O5S. The van der Waals surface area contributed by atoms with E-state index in [1.54, 1.807) is 24.3 Å². The SMILES string of the molecule is CNC(=O)C(Cc1ccccc1)N(Cc1ccccc1)C(=O)CN(c1ccc(Cl)cc1)S(=O)(=O)c1ccc(OC)cc1. The van der Waals surface area contributed by atoms with Crippen LogP contribution in [0.4, 0.5) is 5.69 Å². The first-order valence-electron chi connectivity index (χ1n) is 13.2. The summed E-state index contributed by atoms with van der Waals surface area (Å²) in [7, 11) is -1.22.